The highest BCUT2D eigenvalue weighted by molar-refractivity contribution is 6.34. The monoisotopic (exact) mass is 564 g/mol. The number of fused-ring (bicyclic) bond motifs is 4. The Morgan fingerprint density at radius 3 is 1.66 bits per heavy atom. The van der Waals surface area contributed by atoms with Crippen LogP contribution in [0.15, 0.2) is 133 Å². The lowest BCUT2D eigenvalue weighted by molar-refractivity contribution is 0.412. The minimum absolute atomic E-state index is 0.825. The van der Waals surface area contributed by atoms with Crippen LogP contribution in [0.5, 0.6) is 11.5 Å². The Morgan fingerprint density at radius 2 is 0.932 bits per heavy atom. The Morgan fingerprint density at radius 1 is 0.364 bits per heavy atom. The molecule has 0 N–H and O–H groups in total. The van der Waals surface area contributed by atoms with Gasteiger partial charge in [-0.15, -0.1) is 0 Å². The molecular formula is C42H28O2. The van der Waals surface area contributed by atoms with Gasteiger partial charge in [0, 0.05) is 16.7 Å². The second kappa shape index (κ2) is 9.45. The van der Waals surface area contributed by atoms with Gasteiger partial charge in [-0.3, -0.25) is 0 Å². The fourth-order valence-electron chi connectivity index (χ4n) is 7.55. The molecule has 208 valence electrons. The van der Waals surface area contributed by atoms with Crippen LogP contribution in [0, 0.1) is 0 Å². The number of hydrogen-bond acceptors (Lipinski definition) is 2. The number of rotatable bonds is 4. The standard InChI is InChI=1S/C42H28O2/c1-43-37-23-20-25-10-3-5-14-28(25)40(37)41-29-15-6-4-11-27(29)24-36(42(41)44-2)30-21-22-35-33-17-8-13-26-12-7-16-32(38(26)33)34-19-9-18-31(30)39(34)35/h3-24H,1-2H3. The summed E-state index contributed by atoms with van der Waals surface area (Å²) >= 11 is 0. The molecule has 0 aliphatic rings. The first-order valence-corrected chi connectivity index (χ1v) is 15.0. The molecule has 0 aliphatic carbocycles. The van der Waals surface area contributed by atoms with Gasteiger partial charge in [0.25, 0.3) is 0 Å². The highest BCUT2D eigenvalue weighted by Gasteiger charge is 2.24. The lowest BCUT2D eigenvalue weighted by Gasteiger charge is -2.22. The average molecular weight is 565 g/mol. The van der Waals surface area contributed by atoms with Crippen LogP contribution >= 0.6 is 0 Å². The van der Waals surface area contributed by atoms with Crippen molar-refractivity contribution in [2.75, 3.05) is 14.2 Å². The van der Waals surface area contributed by atoms with Crippen molar-refractivity contribution in [2.45, 2.75) is 0 Å². The summed E-state index contributed by atoms with van der Waals surface area (Å²) in [5.41, 5.74) is 4.31. The Kier molecular flexibility index (Phi) is 5.36. The van der Waals surface area contributed by atoms with E-state index in [4.69, 9.17) is 9.47 Å². The first kappa shape index (κ1) is 24.9. The van der Waals surface area contributed by atoms with Gasteiger partial charge in [0.1, 0.15) is 11.5 Å². The number of benzene rings is 9. The van der Waals surface area contributed by atoms with Crippen LogP contribution in [0.25, 0.3) is 86.9 Å². The molecule has 0 saturated carbocycles. The van der Waals surface area contributed by atoms with Gasteiger partial charge in [-0.25, -0.2) is 0 Å². The van der Waals surface area contributed by atoms with Crippen LogP contribution < -0.4 is 9.47 Å². The van der Waals surface area contributed by atoms with Gasteiger partial charge in [0.15, 0.2) is 0 Å². The molecule has 2 nitrogen and oxygen atoms in total. The third kappa shape index (κ3) is 3.37. The molecular weight excluding hydrogens is 536 g/mol. The van der Waals surface area contributed by atoms with Crippen molar-refractivity contribution >= 4 is 64.6 Å². The summed E-state index contributed by atoms with van der Waals surface area (Å²) in [4.78, 5) is 0. The topological polar surface area (TPSA) is 18.5 Å². The second-order valence-corrected chi connectivity index (χ2v) is 11.5. The van der Waals surface area contributed by atoms with Gasteiger partial charge in [-0.1, -0.05) is 121 Å². The molecule has 0 heterocycles. The molecule has 0 aromatic heterocycles. The smallest absolute Gasteiger partial charge is 0.135 e. The van der Waals surface area contributed by atoms with Crippen molar-refractivity contribution < 1.29 is 9.47 Å². The maximum Gasteiger partial charge on any atom is 0.135 e. The van der Waals surface area contributed by atoms with Gasteiger partial charge in [0.05, 0.1) is 14.2 Å². The summed E-state index contributed by atoms with van der Waals surface area (Å²) in [6.07, 6.45) is 0. The van der Waals surface area contributed by atoms with E-state index in [1.54, 1.807) is 14.2 Å². The Balaban J connectivity index is 1.45. The van der Waals surface area contributed by atoms with E-state index in [1.807, 2.05) is 0 Å². The molecule has 9 rings (SSSR count). The van der Waals surface area contributed by atoms with Crippen LogP contribution in [-0.4, -0.2) is 14.2 Å². The molecule has 0 fully saturated rings. The predicted octanol–water partition coefficient (Wildman–Crippen LogP) is 11.4. The highest BCUT2D eigenvalue weighted by Crippen LogP contribution is 2.51. The van der Waals surface area contributed by atoms with Crippen LogP contribution in [0.1, 0.15) is 0 Å². The largest absolute Gasteiger partial charge is 0.496 e. The van der Waals surface area contributed by atoms with E-state index in [0.717, 1.165) is 55.3 Å². The van der Waals surface area contributed by atoms with Crippen molar-refractivity contribution in [2.24, 2.45) is 0 Å². The fraction of sp³-hybridized carbons (Fsp3) is 0.0476. The highest BCUT2D eigenvalue weighted by atomic mass is 16.5. The van der Waals surface area contributed by atoms with Crippen LogP contribution in [0.4, 0.5) is 0 Å². The van der Waals surface area contributed by atoms with E-state index in [2.05, 4.69) is 133 Å². The van der Waals surface area contributed by atoms with E-state index in [-0.39, 0.29) is 0 Å². The molecule has 2 heteroatoms. The molecule has 0 aliphatic heterocycles. The molecule has 0 unspecified atom stereocenters. The summed E-state index contributed by atoms with van der Waals surface area (Å²) < 4.78 is 12.5. The first-order valence-electron chi connectivity index (χ1n) is 15.0. The minimum Gasteiger partial charge on any atom is -0.496 e. The molecule has 0 spiro atoms. The van der Waals surface area contributed by atoms with Crippen molar-refractivity contribution in [1.82, 2.24) is 0 Å². The molecule has 9 aromatic rings. The van der Waals surface area contributed by atoms with Crippen LogP contribution in [-0.2, 0) is 0 Å². The van der Waals surface area contributed by atoms with E-state index >= 15 is 0 Å². The zero-order valence-electron chi connectivity index (χ0n) is 24.5. The normalized spacial score (nSPS) is 11.9. The maximum absolute atomic E-state index is 6.44. The molecule has 0 amide bonds. The van der Waals surface area contributed by atoms with Gasteiger partial charge >= 0.3 is 0 Å². The van der Waals surface area contributed by atoms with Crippen molar-refractivity contribution in [3.8, 4) is 33.8 Å². The van der Waals surface area contributed by atoms with E-state index in [9.17, 15) is 0 Å². The van der Waals surface area contributed by atoms with Crippen molar-refractivity contribution in [3.63, 3.8) is 0 Å². The molecule has 0 radical (unpaired) electrons. The summed E-state index contributed by atoms with van der Waals surface area (Å²) in [6.45, 7) is 0. The lowest BCUT2D eigenvalue weighted by Crippen LogP contribution is -1.98. The number of methoxy groups -OCH3 is 2. The zero-order valence-corrected chi connectivity index (χ0v) is 24.5. The summed E-state index contributed by atoms with van der Waals surface area (Å²) in [5, 5.41) is 14.8. The second-order valence-electron chi connectivity index (χ2n) is 11.5. The van der Waals surface area contributed by atoms with E-state index < -0.39 is 0 Å². The quantitative estimate of drug-likeness (QED) is 0.156. The third-order valence-corrected chi connectivity index (χ3v) is 9.38. The molecule has 0 saturated heterocycles. The average Bonchev–Trinajstić information content (AvgIpc) is 3.09. The van der Waals surface area contributed by atoms with Gasteiger partial charge in [-0.2, -0.15) is 0 Å². The number of ether oxygens (including phenoxy) is 2. The first-order chi connectivity index (χ1) is 21.8. The zero-order chi connectivity index (χ0) is 29.4. The molecule has 44 heavy (non-hydrogen) atoms. The summed E-state index contributed by atoms with van der Waals surface area (Å²) in [6, 6.07) is 48.2. The van der Waals surface area contributed by atoms with Crippen LogP contribution in [0.2, 0.25) is 0 Å². The Labute approximate surface area is 255 Å². The van der Waals surface area contributed by atoms with Gasteiger partial charge < -0.3 is 9.47 Å². The van der Waals surface area contributed by atoms with Gasteiger partial charge in [0.2, 0.25) is 0 Å². The SMILES string of the molecule is COc1ccc2ccccc2c1-c1c(OC)c(-c2ccc3c4cccc5cccc(c6cccc2c63)c54)cc2ccccc12. The Hall–Kier alpha value is -5.60. The number of hydrogen-bond donors (Lipinski definition) is 0. The van der Waals surface area contributed by atoms with Crippen LogP contribution in [0.3, 0.4) is 0 Å². The molecule has 0 bridgehead atoms. The van der Waals surface area contributed by atoms with Gasteiger partial charge in [-0.05, 0) is 82.3 Å². The van der Waals surface area contributed by atoms with Crippen molar-refractivity contribution in [3.05, 3.63) is 133 Å². The molecule has 0 atom stereocenters. The fourth-order valence-corrected chi connectivity index (χ4v) is 7.55. The summed E-state index contributed by atoms with van der Waals surface area (Å²) in [7, 11) is 3.54. The predicted molar refractivity (Wildman–Crippen MR) is 187 cm³/mol. The summed E-state index contributed by atoms with van der Waals surface area (Å²) in [5.74, 6) is 1.67. The maximum atomic E-state index is 6.44. The Bertz CT molecular complexity index is 2530. The molecule has 9 aromatic carbocycles. The minimum atomic E-state index is 0.825. The lowest BCUT2D eigenvalue weighted by atomic mass is 9.85. The third-order valence-electron chi connectivity index (χ3n) is 9.38. The van der Waals surface area contributed by atoms with E-state index in [1.165, 1.54) is 43.1 Å². The van der Waals surface area contributed by atoms with E-state index in [0.29, 0.717) is 0 Å². The van der Waals surface area contributed by atoms with Crippen molar-refractivity contribution in [1.29, 1.82) is 0 Å².